The second-order valence-corrected chi connectivity index (χ2v) is 4.98. The van der Waals surface area contributed by atoms with E-state index in [1.165, 1.54) is 32.7 Å². The van der Waals surface area contributed by atoms with Crippen LogP contribution in [0.4, 0.5) is 0 Å². The van der Waals surface area contributed by atoms with Crippen LogP contribution in [0.1, 0.15) is 18.1 Å². The highest BCUT2D eigenvalue weighted by Crippen LogP contribution is 2.30. The summed E-state index contributed by atoms with van der Waals surface area (Å²) in [5.41, 5.74) is 2.80. The van der Waals surface area contributed by atoms with Crippen molar-refractivity contribution < 1.29 is 0 Å². The highest BCUT2D eigenvalue weighted by Gasteiger charge is 2.06. The largest absolute Gasteiger partial charge is 0.103 e. The Kier molecular flexibility index (Phi) is 3.08. The number of hydrogen-bond acceptors (Lipinski definition) is 0. The number of benzene rings is 3. The fourth-order valence-corrected chi connectivity index (χ4v) is 2.79. The van der Waals surface area contributed by atoms with E-state index < -0.39 is 0 Å². The van der Waals surface area contributed by atoms with Gasteiger partial charge in [0.2, 0.25) is 0 Å². The zero-order valence-electron chi connectivity index (χ0n) is 11.3. The van der Waals surface area contributed by atoms with Crippen LogP contribution in [0.15, 0.2) is 61.2 Å². The summed E-state index contributed by atoms with van der Waals surface area (Å²) >= 11 is 0. The summed E-state index contributed by atoms with van der Waals surface area (Å²) in [4.78, 5) is 0. The van der Waals surface area contributed by atoms with Gasteiger partial charge in [-0.2, -0.15) is 0 Å². The second kappa shape index (κ2) is 4.89. The summed E-state index contributed by atoms with van der Waals surface area (Å²) in [6.45, 7) is 6.12. The first-order chi connectivity index (χ1) is 9.33. The van der Waals surface area contributed by atoms with E-state index in [-0.39, 0.29) is 0 Å². The van der Waals surface area contributed by atoms with Gasteiger partial charge in [-0.05, 0) is 51.6 Å². The molecule has 0 radical (unpaired) electrons. The van der Waals surface area contributed by atoms with Crippen LogP contribution in [0.3, 0.4) is 0 Å². The van der Waals surface area contributed by atoms with Gasteiger partial charge in [0, 0.05) is 0 Å². The summed E-state index contributed by atoms with van der Waals surface area (Å²) < 4.78 is 0. The van der Waals surface area contributed by atoms with Crippen molar-refractivity contribution in [2.75, 3.05) is 0 Å². The van der Waals surface area contributed by atoms with E-state index in [0.29, 0.717) is 0 Å². The average Bonchev–Trinajstić information content (AvgIpc) is 2.47. The number of aryl methyl sites for hydroxylation is 1. The predicted octanol–water partition coefficient (Wildman–Crippen LogP) is 5.28. The van der Waals surface area contributed by atoms with Crippen LogP contribution in [0.5, 0.6) is 0 Å². The molecule has 0 heterocycles. The molecule has 0 heteroatoms. The van der Waals surface area contributed by atoms with Gasteiger partial charge in [0.05, 0.1) is 0 Å². The number of allylic oxidation sites excluding steroid dienone is 1. The maximum Gasteiger partial charge on any atom is -0.00878 e. The first-order valence-electron chi connectivity index (χ1n) is 6.87. The lowest BCUT2D eigenvalue weighted by atomic mass is 9.93. The third kappa shape index (κ3) is 2.04. The van der Waals surface area contributed by atoms with Gasteiger partial charge in [-0.15, -0.1) is 6.58 Å². The van der Waals surface area contributed by atoms with E-state index in [2.05, 4.69) is 62.0 Å². The Morgan fingerprint density at radius 1 is 0.947 bits per heavy atom. The summed E-state index contributed by atoms with van der Waals surface area (Å²) in [5.74, 6) is 0. The lowest BCUT2D eigenvalue weighted by molar-refractivity contribution is 1.14. The van der Waals surface area contributed by atoms with Crippen LogP contribution < -0.4 is 0 Å². The lowest BCUT2D eigenvalue weighted by Gasteiger charge is -2.11. The molecule has 0 aliphatic carbocycles. The Labute approximate surface area is 114 Å². The van der Waals surface area contributed by atoms with Gasteiger partial charge >= 0.3 is 0 Å². The molecule has 0 amide bonds. The topological polar surface area (TPSA) is 0 Å². The molecule has 0 aliphatic rings. The standard InChI is InChI=1S/C19H18/c1-3-7-18-17-9-6-5-8-15(17)13-16-11-10-14(4-2)12-19(16)18/h3,5-6,8-13H,1,4,7H2,2H3. The molecule has 0 bridgehead atoms. The molecule has 0 spiro atoms. The van der Waals surface area contributed by atoms with Crippen molar-refractivity contribution in [2.45, 2.75) is 19.8 Å². The zero-order valence-corrected chi connectivity index (χ0v) is 11.3. The van der Waals surface area contributed by atoms with E-state index in [1.54, 1.807) is 0 Å². The molecule has 0 aromatic heterocycles. The Balaban J connectivity index is 2.44. The van der Waals surface area contributed by atoms with E-state index in [4.69, 9.17) is 0 Å². The van der Waals surface area contributed by atoms with Gasteiger partial charge in [0.25, 0.3) is 0 Å². The molecular weight excluding hydrogens is 228 g/mol. The van der Waals surface area contributed by atoms with Crippen molar-refractivity contribution in [1.29, 1.82) is 0 Å². The summed E-state index contributed by atoms with van der Waals surface area (Å²) in [5, 5.41) is 5.37. The molecule has 3 aromatic carbocycles. The van der Waals surface area contributed by atoms with Crippen LogP contribution in [0, 0.1) is 0 Å². The van der Waals surface area contributed by atoms with E-state index >= 15 is 0 Å². The number of rotatable bonds is 3. The monoisotopic (exact) mass is 246 g/mol. The van der Waals surface area contributed by atoms with Crippen LogP contribution in [0.25, 0.3) is 21.5 Å². The minimum Gasteiger partial charge on any atom is -0.103 e. The first kappa shape index (κ1) is 12.0. The molecular formula is C19H18. The smallest absolute Gasteiger partial charge is 0.00878 e. The van der Waals surface area contributed by atoms with Crippen molar-refractivity contribution in [1.82, 2.24) is 0 Å². The Morgan fingerprint density at radius 3 is 2.53 bits per heavy atom. The Hall–Kier alpha value is -2.08. The third-order valence-corrected chi connectivity index (χ3v) is 3.80. The van der Waals surface area contributed by atoms with Crippen molar-refractivity contribution in [3.05, 3.63) is 72.3 Å². The molecule has 0 atom stereocenters. The second-order valence-electron chi connectivity index (χ2n) is 4.98. The molecule has 3 rings (SSSR count). The van der Waals surface area contributed by atoms with Crippen molar-refractivity contribution in [3.63, 3.8) is 0 Å². The molecule has 0 fully saturated rings. The fourth-order valence-electron chi connectivity index (χ4n) is 2.79. The highest BCUT2D eigenvalue weighted by atomic mass is 14.1. The first-order valence-corrected chi connectivity index (χ1v) is 6.87. The predicted molar refractivity (Wildman–Crippen MR) is 84.7 cm³/mol. The van der Waals surface area contributed by atoms with Gasteiger partial charge in [-0.25, -0.2) is 0 Å². The quantitative estimate of drug-likeness (QED) is 0.435. The number of fused-ring (bicyclic) bond motifs is 2. The van der Waals surface area contributed by atoms with E-state index in [0.717, 1.165) is 12.8 Å². The fraction of sp³-hybridized carbons (Fsp3) is 0.158. The summed E-state index contributed by atoms with van der Waals surface area (Å²) in [6, 6.07) is 17.7. The molecule has 0 saturated carbocycles. The average molecular weight is 246 g/mol. The third-order valence-electron chi connectivity index (χ3n) is 3.80. The van der Waals surface area contributed by atoms with Crippen molar-refractivity contribution in [2.24, 2.45) is 0 Å². The summed E-state index contributed by atoms with van der Waals surface area (Å²) in [6.07, 6.45) is 4.00. The van der Waals surface area contributed by atoms with Crippen LogP contribution >= 0.6 is 0 Å². The Bertz CT molecular complexity index is 750. The molecule has 0 nitrogen and oxygen atoms in total. The van der Waals surface area contributed by atoms with E-state index in [1.807, 2.05) is 6.08 Å². The minimum absolute atomic E-state index is 0.922. The molecule has 19 heavy (non-hydrogen) atoms. The molecule has 0 aliphatic heterocycles. The van der Waals surface area contributed by atoms with Gasteiger partial charge in [0.1, 0.15) is 0 Å². The minimum atomic E-state index is 0.922. The van der Waals surface area contributed by atoms with Gasteiger partial charge in [-0.3, -0.25) is 0 Å². The normalized spacial score (nSPS) is 11.0. The van der Waals surface area contributed by atoms with Crippen LogP contribution in [-0.2, 0) is 12.8 Å². The molecule has 94 valence electrons. The number of hydrogen-bond donors (Lipinski definition) is 0. The molecule has 0 N–H and O–H groups in total. The Morgan fingerprint density at radius 2 is 1.74 bits per heavy atom. The molecule has 3 aromatic rings. The van der Waals surface area contributed by atoms with Gasteiger partial charge in [-0.1, -0.05) is 55.5 Å². The maximum atomic E-state index is 3.91. The van der Waals surface area contributed by atoms with Crippen LogP contribution in [0.2, 0.25) is 0 Å². The van der Waals surface area contributed by atoms with Crippen molar-refractivity contribution in [3.8, 4) is 0 Å². The molecule has 0 saturated heterocycles. The SMILES string of the molecule is C=CCc1c2ccccc2cc2ccc(CC)cc12. The zero-order chi connectivity index (χ0) is 13.2. The maximum absolute atomic E-state index is 3.91. The van der Waals surface area contributed by atoms with Gasteiger partial charge in [0.15, 0.2) is 0 Å². The lowest BCUT2D eigenvalue weighted by Crippen LogP contribution is -1.90. The van der Waals surface area contributed by atoms with E-state index in [9.17, 15) is 0 Å². The summed E-state index contributed by atoms with van der Waals surface area (Å²) in [7, 11) is 0. The van der Waals surface area contributed by atoms with Crippen molar-refractivity contribution >= 4 is 21.5 Å². The van der Waals surface area contributed by atoms with Crippen LogP contribution in [-0.4, -0.2) is 0 Å². The molecule has 0 unspecified atom stereocenters. The van der Waals surface area contributed by atoms with Gasteiger partial charge < -0.3 is 0 Å². The highest BCUT2D eigenvalue weighted by molar-refractivity contribution is 6.02.